The number of aromatic nitrogens is 1. The topological polar surface area (TPSA) is 108 Å². The number of amides is 1. The Balaban J connectivity index is 2.19. The Bertz CT molecular complexity index is 367. The first-order valence-corrected chi connectivity index (χ1v) is 6.10. The standard InChI is InChI=1S/C10H15N3O3S/c11-7(3-1-2-5-16-10(12)15)8(14)9-13-4-6-17-9/h4,6-7H,1-3,5,11H2,(H2,12,15)/t7-/m0/s1. The number of ketones is 1. The van der Waals surface area contributed by atoms with Crippen molar-refractivity contribution in [1.82, 2.24) is 4.98 Å². The summed E-state index contributed by atoms with van der Waals surface area (Å²) >= 11 is 1.28. The second kappa shape index (κ2) is 6.97. The lowest BCUT2D eigenvalue weighted by Crippen LogP contribution is -2.30. The Morgan fingerprint density at radius 3 is 2.82 bits per heavy atom. The quantitative estimate of drug-likeness (QED) is 0.557. The number of hydrogen-bond donors (Lipinski definition) is 2. The highest BCUT2D eigenvalue weighted by molar-refractivity contribution is 7.11. The van der Waals surface area contributed by atoms with E-state index in [9.17, 15) is 9.59 Å². The molecule has 0 fully saturated rings. The van der Waals surface area contributed by atoms with Crippen molar-refractivity contribution in [2.75, 3.05) is 6.61 Å². The van der Waals surface area contributed by atoms with Gasteiger partial charge in [-0.2, -0.15) is 0 Å². The average molecular weight is 257 g/mol. The Morgan fingerprint density at radius 2 is 2.24 bits per heavy atom. The number of thiazole rings is 1. The first-order chi connectivity index (χ1) is 8.11. The van der Waals surface area contributed by atoms with Crippen LogP contribution in [0.1, 0.15) is 29.1 Å². The van der Waals surface area contributed by atoms with E-state index in [-0.39, 0.29) is 12.4 Å². The number of carbonyl (C=O) groups is 2. The second-order valence-electron chi connectivity index (χ2n) is 3.47. The summed E-state index contributed by atoms with van der Waals surface area (Å²) in [5.41, 5.74) is 10.5. The van der Waals surface area contributed by atoms with Crippen molar-refractivity contribution in [3.63, 3.8) is 0 Å². The Kier molecular flexibility index (Phi) is 5.58. The molecule has 0 saturated carbocycles. The lowest BCUT2D eigenvalue weighted by molar-refractivity contribution is 0.0953. The van der Waals surface area contributed by atoms with Crippen LogP contribution in [0.5, 0.6) is 0 Å². The Labute approximate surface area is 103 Å². The molecule has 94 valence electrons. The van der Waals surface area contributed by atoms with Crippen molar-refractivity contribution in [2.24, 2.45) is 11.5 Å². The fourth-order valence-corrected chi connectivity index (χ4v) is 1.91. The summed E-state index contributed by atoms with van der Waals surface area (Å²) in [6.45, 7) is 0.257. The molecule has 1 rings (SSSR count). The number of hydrogen-bond acceptors (Lipinski definition) is 6. The highest BCUT2D eigenvalue weighted by Gasteiger charge is 2.17. The van der Waals surface area contributed by atoms with Crippen LogP contribution in [0.25, 0.3) is 0 Å². The molecule has 0 aliphatic rings. The van der Waals surface area contributed by atoms with Crippen molar-refractivity contribution in [1.29, 1.82) is 0 Å². The van der Waals surface area contributed by atoms with Crippen molar-refractivity contribution < 1.29 is 14.3 Å². The van der Waals surface area contributed by atoms with Crippen LogP contribution in [0.2, 0.25) is 0 Å². The molecular weight excluding hydrogens is 242 g/mol. The number of Topliss-reactive ketones (excluding diaryl/α,β-unsaturated/α-hetero) is 1. The molecule has 0 spiro atoms. The third-order valence-electron chi connectivity index (χ3n) is 2.13. The van der Waals surface area contributed by atoms with E-state index >= 15 is 0 Å². The van der Waals surface area contributed by atoms with Gasteiger partial charge >= 0.3 is 6.09 Å². The van der Waals surface area contributed by atoms with E-state index in [1.165, 1.54) is 11.3 Å². The molecule has 17 heavy (non-hydrogen) atoms. The van der Waals surface area contributed by atoms with Gasteiger partial charge in [-0.25, -0.2) is 9.78 Å². The van der Waals surface area contributed by atoms with Gasteiger partial charge in [-0.3, -0.25) is 4.79 Å². The first kappa shape index (κ1) is 13.6. The van der Waals surface area contributed by atoms with Crippen LogP contribution in [-0.2, 0) is 4.74 Å². The van der Waals surface area contributed by atoms with Crippen molar-refractivity contribution >= 4 is 23.2 Å². The molecule has 1 heterocycles. The zero-order valence-electron chi connectivity index (χ0n) is 9.30. The van der Waals surface area contributed by atoms with E-state index in [1.807, 2.05) is 0 Å². The van der Waals surface area contributed by atoms with Gasteiger partial charge in [-0.05, 0) is 19.3 Å². The van der Waals surface area contributed by atoms with Crippen LogP contribution >= 0.6 is 11.3 Å². The average Bonchev–Trinajstić information content (AvgIpc) is 2.80. The van der Waals surface area contributed by atoms with Gasteiger partial charge in [0.25, 0.3) is 0 Å². The number of primary amides is 1. The number of nitrogens with two attached hydrogens (primary N) is 2. The first-order valence-electron chi connectivity index (χ1n) is 5.22. The SMILES string of the molecule is NC(=O)OCCCC[C@H](N)C(=O)c1nccs1. The summed E-state index contributed by atoms with van der Waals surface area (Å²) in [7, 11) is 0. The summed E-state index contributed by atoms with van der Waals surface area (Å²) in [6.07, 6.45) is 2.67. The summed E-state index contributed by atoms with van der Waals surface area (Å²) in [4.78, 5) is 25.9. The third kappa shape index (κ3) is 4.92. The van der Waals surface area contributed by atoms with Crippen molar-refractivity contribution in [3.05, 3.63) is 16.6 Å². The molecule has 7 heteroatoms. The Morgan fingerprint density at radius 1 is 1.47 bits per heavy atom. The molecule has 0 unspecified atom stereocenters. The predicted molar refractivity (Wildman–Crippen MR) is 63.8 cm³/mol. The summed E-state index contributed by atoms with van der Waals surface area (Å²) in [6, 6.07) is -0.547. The summed E-state index contributed by atoms with van der Waals surface area (Å²) in [5.74, 6) is -0.143. The van der Waals surface area contributed by atoms with Gasteiger partial charge in [0.05, 0.1) is 12.6 Å². The minimum atomic E-state index is -0.784. The molecule has 0 bridgehead atoms. The number of ether oxygens (including phenoxy) is 1. The molecule has 1 aromatic rings. The molecule has 0 aromatic carbocycles. The van der Waals surface area contributed by atoms with Crippen LogP contribution in [0, 0.1) is 0 Å². The van der Waals surface area contributed by atoms with E-state index in [4.69, 9.17) is 11.5 Å². The molecular formula is C10H15N3O3S. The van der Waals surface area contributed by atoms with E-state index in [0.29, 0.717) is 24.3 Å². The van der Waals surface area contributed by atoms with Gasteiger partial charge in [0.1, 0.15) is 0 Å². The Hall–Kier alpha value is -1.47. The molecule has 4 N–H and O–H groups in total. The fraction of sp³-hybridized carbons (Fsp3) is 0.500. The largest absolute Gasteiger partial charge is 0.450 e. The lowest BCUT2D eigenvalue weighted by atomic mass is 10.1. The molecule has 0 saturated heterocycles. The zero-order valence-corrected chi connectivity index (χ0v) is 10.1. The molecule has 1 amide bonds. The normalized spacial score (nSPS) is 12.1. The van der Waals surface area contributed by atoms with Crippen LogP contribution in [0.3, 0.4) is 0 Å². The third-order valence-corrected chi connectivity index (χ3v) is 2.92. The van der Waals surface area contributed by atoms with Gasteiger partial charge in [-0.15, -0.1) is 11.3 Å². The van der Waals surface area contributed by atoms with E-state index < -0.39 is 12.1 Å². The van der Waals surface area contributed by atoms with Crippen LogP contribution in [0.4, 0.5) is 4.79 Å². The highest BCUT2D eigenvalue weighted by Crippen LogP contribution is 2.10. The zero-order chi connectivity index (χ0) is 12.7. The summed E-state index contributed by atoms with van der Waals surface area (Å²) < 4.78 is 4.56. The van der Waals surface area contributed by atoms with Crippen LogP contribution in [-0.4, -0.2) is 29.5 Å². The minimum absolute atomic E-state index is 0.143. The number of nitrogens with zero attached hydrogens (tertiary/aromatic N) is 1. The maximum absolute atomic E-state index is 11.7. The minimum Gasteiger partial charge on any atom is -0.450 e. The molecule has 0 radical (unpaired) electrons. The fourth-order valence-electron chi connectivity index (χ4n) is 1.27. The predicted octanol–water partition coefficient (Wildman–Crippen LogP) is 0.919. The van der Waals surface area contributed by atoms with E-state index in [0.717, 1.165) is 0 Å². The maximum atomic E-state index is 11.7. The molecule has 1 aromatic heterocycles. The van der Waals surface area contributed by atoms with Gasteiger partial charge in [0.15, 0.2) is 5.01 Å². The molecule has 1 atom stereocenters. The highest BCUT2D eigenvalue weighted by atomic mass is 32.1. The number of unbranched alkanes of at least 4 members (excludes halogenated alkanes) is 1. The van der Waals surface area contributed by atoms with Crippen molar-refractivity contribution in [3.8, 4) is 0 Å². The molecule has 0 aliphatic heterocycles. The smallest absolute Gasteiger partial charge is 0.404 e. The van der Waals surface area contributed by atoms with Gasteiger partial charge in [0, 0.05) is 11.6 Å². The number of rotatable bonds is 7. The maximum Gasteiger partial charge on any atom is 0.404 e. The van der Waals surface area contributed by atoms with Crippen molar-refractivity contribution in [2.45, 2.75) is 25.3 Å². The molecule has 0 aliphatic carbocycles. The van der Waals surface area contributed by atoms with Crippen LogP contribution in [0.15, 0.2) is 11.6 Å². The summed E-state index contributed by atoms with van der Waals surface area (Å²) in [5, 5.41) is 2.17. The lowest BCUT2D eigenvalue weighted by Gasteiger charge is -2.08. The van der Waals surface area contributed by atoms with Gasteiger partial charge in [0.2, 0.25) is 5.78 Å². The van der Waals surface area contributed by atoms with E-state index in [2.05, 4.69) is 9.72 Å². The second-order valence-corrected chi connectivity index (χ2v) is 4.37. The number of carbonyl (C=O) groups excluding carboxylic acids is 2. The van der Waals surface area contributed by atoms with E-state index in [1.54, 1.807) is 11.6 Å². The molecule has 6 nitrogen and oxygen atoms in total. The monoisotopic (exact) mass is 257 g/mol. The van der Waals surface area contributed by atoms with Crippen LogP contribution < -0.4 is 11.5 Å². The van der Waals surface area contributed by atoms with Gasteiger partial charge < -0.3 is 16.2 Å². The van der Waals surface area contributed by atoms with Gasteiger partial charge in [-0.1, -0.05) is 0 Å².